The second-order valence-corrected chi connectivity index (χ2v) is 4.05. The molecule has 2 saturated heterocycles. The summed E-state index contributed by atoms with van der Waals surface area (Å²) in [5, 5.41) is 8.62. The normalized spacial score (nSPS) is 29.4. The Labute approximate surface area is 84.8 Å². The lowest BCUT2D eigenvalue weighted by atomic mass is 10.1. The minimum Gasteiger partial charge on any atom is -0.394 e. The molecule has 2 heterocycles. The molecule has 0 saturated carbocycles. The van der Waals surface area contributed by atoms with Gasteiger partial charge in [-0.3, -0.25) is 0 Å². The maximum absolute atomic E-state index is 8.62. The Hall–Kier alpha value is -0.160. The Balaban J connectivity index is 1.59. The Morgan fingerprint density at radius 3 is 2.64 bits per heavy atom. The van der Waals surface area contributed by atoms with E-state index in [0.717, 1.165) is 39.1 Å². The average molecular weight is 201 g/mol. The monoisotopic (exact) mass is 201 g/mol. The molecule has 2 aliphatic heterocycles. The molecule has 82 valence electrons. The fourth-order valence-corrected chi connectivity index (χ4v) is 1.94. The van der Waals surface area contributed by atoms with Crippen molar-refractivity contribution in [1.29, 1.82) is 0 Å². The Kier molecular flexibility index (Phi) is 3.75. The van der Waals surface area contributed by atoms with E-state index < -0.39 is 0 Å². The van der Waals surface area contributed by atoms with Crippen molar-refractivity contribution in [2.75, 3.05) is 39.5 Å². The highest BCUT2D eigenvalue weighted by Crippen LogP contribution is 2.17. The molecule has 1 N–H and O–H groups in total. The number of ether oxygens (including phenoxy) is 2. The van der Waals surface area contributed by atoms with Crippen molar-refractivity contribution in [2.24, 2.45) is 0 Å². The van der Waals surface area contributed by atoms with Crippen LogP contribution in [0.4, 0.5) is 0 Å². The van der Waals surface area contributed by atoms with E-state index in [0.29, 0.717) is 18.8 Å². The first-order valence-electron chi connectivity index (χ1n) is 5.45. The van der Waals surface area contributed by atoms with Crippen LogP contribution in [0, 0.1) is 0 Å². The molecule has 2 rings (SSSR count). The summed E-state index contributed by atoms with van der Waals surface area (Å²) in [6, 6.07) is 0. The van der Waals surface area contributed by atoms with Gasteiger partial charge in [-0.15, -0.1) is 0 Å². The first kappa shape index (κ1) is 10.4. The van der Waals surface area contributed by atoms with E-state index in [1.807, 2.05) is 0 Å². The molecule has 4 nitrogen and oxygen atoms in total. The Bertz CT molecular complexity index is 165. The summed E-state index contributed by atoms with van der Waals surface area (Å²) in [7, 11) is 0. The van der Waals surface area contributed by atoms with Crippen LogP contribution < -0.4 is 0 Å². The summed E-state index contributed by atoms with van der Waals surface area (Å²) in [4.78, 5) is 2.44. The molecule has 0 bridgehead atoms. The first-order chi connectivity index (χ1) is 6.88. The number of piperidine rings is 1. The van der Waals surface area contributed by atoms with Crippen LogP contribution in [-0.4, -0.2) is 61.7 Å². The van der Waals surface area contributed by atoms with Crippen molar-refractivity contribution in [3.8, 4) is 0 Å². The van der Waals surface area contributed by atoms with Crippen LogP contribution >= 0.6 is 0 Å². The fourth-order valence-electron chi connectivity index (χ4n) is 1.94. The van der Waals surface area contributed by atoms with Gasteiger partial charge in [-0.1, -0.05) is 0 Å². The fraction of sp³-hybridized carbons (Fsp3) is 1.00. The first-order valence-corrected chi connectivity index (χ1v) is 5.45. The number of aliphatic hydroxyl groups excluding tert-OH is 1. The summed E-state index contributed by atoms with van der Waals surface area (Å²) in [6.45, 7) is 4.87. The van der Waals surface area contributed by atoms with Gasteiger partial charge in [0.25, 0.3) is 0 Å². The van der Waals surface area contributed by atoms with E-state index in [2.05, 4.69) is 4.90 Å². The maximum Gasteiger partial charge on any atom is 0.0936 e. The Morgan fingerprint density at radius 2 is 2.07 bits per heavy atom. The molecule has 0 amide bonds. The van der Waals surface area contributed by atoms with E-state index in [4.69, 9.17) is 14.6 Å². The van der Waals surface area contributed by atoms with Crippen LogP contribution in [0.15, 0.2) is 0 Å². The molecule has 14 heavy (non-hydrogen) atoms. The second kappa shape index (κ2) is 5.07. The number of likely N-dealkylation sites (tertiary alicyclic amines) is 1. The van der Waals surface area contributed by atoms with Crippen molar-refractivity contribution in [2.45, 2.75) is 25.0 Å². The number of nitrogens with zero attached hydrogens (tertiary/aromatic N) is 1. The van der Waals surface area contributed by atoms with Gasteiger partial charge in [-0.2, -0.15) is 0 Å². The van der Waals surface area contributed by atoms with Crippen LogP contribution in [-0.2, 0) is 9.47 Å². The molecule has 4 heteroatoms. The zero-order valence-corrected chi connectivity index (χ0v) is 8.52. The van der Waals surface area contributed by atoms with Gasteiger partial charge >= 0.3 is 0 Å². The van der Waals surface area contributed by atoms with E-state index in [9.17, 15) is 0 Å². The van der Waals surface area contributed by atoms with Crippen LogP contribution in [0.5, 0.6) is 0 Å². The van der Waals surface area contributed by atoms with Gasteiger partial charge in [-0.05, 0) is 12.8 Å². The summed E-state index contributed by atoms with van der Waals surface area (Å²) in [6.07, 6.45) is 3.04. The van der Waals surface area contributed by atoms with Gasteiger partial charge in [0.05, 0.1) is 32.0 Å². The smallest absolute Gasteiger partial charge is 0.0936 e. The van der Waals surface area contributed by atoms with Gasteiger partial charge in [0.15, 0.2) is 0 Å². The second-order valence-electron chi connectivity index (χ2n) is 4.05. The number of rotatable bonds is 5. The number of hydrogen-bond donors (Lipinski definition) is 1. The molecular weight excluding hydrogens is 182 g/mol. The minimum atomic E-state index is 0.135. The molecule has 2 fully saturated rings. The van der Waals surface area contributed by atoms with Crippen LogP contribution in [0.3, 0.4) is 0 Å². The minimum absolute atomic E-state index is 0.135. The lowest BCUT2D eigenvalue weighted by Crippen LogP contribution is -2.39. The number of epoxide rings is 1. The predicted octanol–water partition coefficient (Wildman–Crippen LogP) is -0.141. The highest BCUT2D eigenvalue weighted by atomic mass is 16.6. The summed E-state index contributed by atoms with van der Waals surface area (Å²) in [5.74, 6) is 0. The van der Waals surface area contributed by atoms with Crippen LogP contribution in [0.2, 0.25) is 0 Å². The number of aliphatic hydroxyl groups is 1. The quantitative estimate of drug-likeness (QED) is 0.629. The zero-order valence-electron chi connectivity index (χ0n) is 8.52. The van der Waals surface area contributed by atoms with Crippen molar-refractivity contribution < 1.29 is 14.6 Å². The lowest BCUT2D eigenvalue weighted by molar-refractivity contribution is -0.00851. The molecule has 2 aliphatic rings. The highest BCUT2D eigenvalue weighted by molar-refractivity contribution is 4.79. The molecule has 0 aromatic rings. The highest BCUT2D eigenvalue weighted by Gasteiger charge is 2.27. The molecule has 1 atom stereocenters. The largest absolute Gasteiger partial charge is 0.394 e. The van der Waals surface area contributed by atoms with Crippen molar-refractivity contribution >= 4 is 0 Å². The van der Waals surface area contributed by atoms with Crippen molar-refractivity contribution in [1.82, 2.24) is 4.90 Å². The van der Waals surface area contributed by atoms with Crippen LogP contribution in [0.25, 0.3) is 0 Å². The predicted molar refractivity (Wildman–Crippen MR) is 52.2 cm³/mol. The maximum atomic E-state index is 8.62. The molecule has 1 unspecified atom stereocenters. The number of hydrogen-bond acceptors (Lipinski definition) is 4. The van der Waals surface area contributed by atoms with Gasteiger partial charge in [-0.25, -0.2) is 0 Å². The third-order valence-corrected chi connectivity index (χ3v) is 2.84. The lowest BCUT2D eigenvalue weighted by Gasteiger charge is -2.31. The molecule has 0 aliphatic carbocycles. The summed E-state index contributed by atoms with van der Waals surface area (Å²) >= 11 is 0. The third kappa shape index (κ3) is 3.20. The molecular formula is C10H19NO3. The zero-order chi connectivity index (χ0) is 9.80. The van der Waals surface area contributed by atoms with Crippen molar-refractivity contribution in [3.05, 3.63) is 0 Å². The van der Waals surface area contributed by atoms with Gasteiger partial charge < -0.3 is 19.5 Å². The molecule has 0 spiro atoms. The van der Waals surface area contributed by atoms with Crippen LogP contribution in [0.1, 0.15) is 12.8 Å². The van der Waals surface area contributed by atoms with E-state index >= 15 is 0 Å². The summed E-state index contributed by atoms with van der Waals surface area (Å²) < 4.78 is 10.7. The van der Waals surface area contributed by atoms with E-state index in [-0.39, 0.29) is 6.61 Å². The third-order valence-electron chi connectivity index (χ3n) is 2.84. The van der Waals surface area contributed by atoms with Gasteiger partial charge in [0.1, 0.15) is 0 Å². The Morgan fingerprint density at radius 1 is 1.36 bits per heavy atom. The average Bonchev–Trinajstić information content (AvgIpc) is 3.01. The summed E-state index contributed by atoms with van der Waals surface area (Å²) in [5.41, 5.74) is 0. The SMILES string of the molecule is OCCOC1CCN(CC2CO2)CC1. The topological polar surface area (TPSA) is 45.2 Å². The van der Waals surface area contributed by atoms with Gasteiger partial charge in [0.2, 0.25) is 0 Å². The molecule has 0 aromatic heterocycles. The van der Waals surface area contributed by atoms with E-state index in [1.54, 1.807) is 0 Å². The van der Waals surface area contributed by atoms with Crippen molar-refractivity contribution in [3.63, 3.8) is 0 Å². The molecule has 0 aromatic carbocycles. The molecule has 0 radical (unpaired) electrons. The standard InChI is InChI=1S/C10H19NO3/c12-5-6-13-9-1-3-11(4-2-9)7-10-8-14-10/h9-10,12H,1-8H2. The van der Waals surface area contributed by atoms with Gasteiger partial charge in [0, 0.05) is 19.6 Å². The van der Waals surface area contributed by atoms with E-state index in [1.165, 1.54) is 0 Å².